The Balaban J connectivity index is 1.42. The van der Waals surface area contributed by atoms with Gasteiger partial charge in [0.05, 0.1) is 12.7 Å². The molecule has 34 heavy (non-hydrogen) atoms. The van der Waals surface area contributed by atoms with Crippen LogP contribution in [0, 0.1) is 0 Å². The van der Waals surface area contributed by atoms with Crippen LogP contribution in [-0.2, 0) is 15.9 Å². The zero-order valence-electron chi connectivity index (χ0n) is 18.3. The summed E-state index contributed by atoms with van der Waals surface area (Å²) in [5.41, 5.74) is 2.19. The first-order valence-corrected chi connectivity index (χ1v) is 11.5. The molecular weight excluding hydrogens is 468 g/mol. The maximum absolute atomic E-state index is 10.4. The molecule has 1 aliphatic heterocycles. The molecule has 186 valence electrons. The van der Waals surface area contributed by atoms with E-state index >= 15 is 0 Å². The Kier molecular flexibility index (Phi) is 7.78. The van der Waals surface area contributed by atoms with Gasteiger partial charge < -0.3 is 44.8 Å². The Morgan fingerprint density at radius 1 is 0.971 bits per heavy atom. The molecule has 0 bridgehead atoms. The summed E-state index contributed by atoms with van der Waals surface area (Å²) in [5.74, 6) is -1.89. The number of benzene rings is 2. The van der Waals surface area contributed by atoms with E-state index in [-0.39, 0.29) is 6.10 Å². The Hall–Kier alpha value is -1.79. The molecule has 0 amide bonds. The van der Waals surface area contributed by atoms with Crippen molar-refractivity contribution < 1.29 is 44.8 Å². The van der Waals surface area contributed by atoms with E-state index in [0.717, 1.165) is 24.0 Å². The minimum absolute atomic E-state index is 0.135. The van der Waals surface area contributed by atoms with Gasteiger partial charge in [-0.2, -0.15) is 0 Å². The molecular formula is C24H29ClO9. The van der Waals surface area contributed by atoms with Crippen molar-refractivity contribution in [2.45, 2.75) is 61.9 Å². The van der Waals surface area contributed by atoms with Crippen molar-refractivity contribution in [3.05, 3.63) is 64.2 Å². The SMILES string of the molecule is OCC1OC(c2ccc(Cl)c(Cc3ccc(OCC(O)(O)OC4CC4)cc3)c2)C(O)C(O)C1O. The smallest absolute Gasteiger partial charge is 0.314 e. The second kappa shape index (κ2) is 10.4. The molecule has 0 aromatic heterocycles. The molecule has 10 heteroatoms. The number of ether oxygens (including phenoxy) is 3. The molecule has 0 radical (unpaired) electrons. The molecule has 1 saturated carbocycles. The third-order valence-corrected chi connectivity index (χ3v) is 6.28. The normalized spacial score (nSPS) is 27.6. The zero-order chi connectivity index (χ0) is 24.5. The van der Waals surface area contributed by atoms with E-state index in [4.69, 9.17) is 25.8 Å². The van der Waals surface area contributed by atoms with Crippen LogP contribution in [0.1, 0.15) is 35.6 Å². The van der Waals surface area contributed by atoms with Crippen LogP contribution in [0.4, 0.5) is 0 Å². The molecule has 9 nitrogen and oxygen atoms in total. The highest BCUT2D eigenvalue weighted by Crippen LogP contribution is 2.34. The summed E-state index contributed by atoms with van der Waals surface area (Å²) in [6.45, 7) is -0.924. The van der Waals surface area contributed by atoms with Crippen LogP contribution in [-0.4, -0.2) is 80.3 Å². The van der Waals surface area contributed by atoms with Gasteiger partial charge in [-0.3, -0.25) is 0 Å². The number of aliphatic hydroxyl groups is 6. The van der Waals surface area contributed by atoms with Crippen molar-refractivity contribution in [2.24, 2.45) is 0 Å². The summed E-state index contributed by atoms with van der Waals surface area (Å²) in [6.07, 6.45) is -4.30. The Labute approximate surface area is 201 Å². The van der Waals surface area contributed by atoms with Gasteiger partial charge in [0.2, 0.25) is 0 Å². The monoisotopic (exact) mass is 496 g/mol. The zero-order valence-corrected chi connectivity index (χ0v) is 19.1. The first-order valence-electron chi connectivity index (χ1n) is 11.1. The van der Waals surface area contributed by atoms with Crippen LogP contribution in [0.5, 0.6) is 5.75 Å². The van der Waals surface area contributed by atoms with Crippen LogP contribution in [0.3, 0.4) is 0 Å². The van der Waals surface area contributed by atoms with Gasteiger partial charge in [-0.1, -0.05) is 35.9 Å². The fourth-order valence-corrected chi connectivity index (χ4v) is 4.06. The van der Waals surface area contributed by atoms with Crippen molar-refractivity contribution in [3.63, 3.8) is 0 Å². The molecule has 2 aromatic rings. The third kappa shape index (κ3) is 6.06. The first-order chi connectivity index (χ1) is 16.2. The van der Waals surface area contributed by atoms with E-state index in [1.54, 1.807) is 30.3 Å². The summed E-state index contributed by atoms with van der Waals surface area (Å²) in [4.78, 5) is 0. The fraction of sp³-hybridized carbons (Fsp3) is 0.500. The molecule has 1 aliphatic carbocycles. The molecule has 5 unspecified atom stereocenters. The summed E-state index contributed by atoms with van der Waals surface area (Å²) in [5, 5.41) is 60.0. The Bertz CT molecular complexity index is 961. The van der Waals surface area contributed by atoms with E-state index in [2.05, 4.69) is 0 Å². The van der Waals surface area contributed by atoms with E-state index in [0.29, 0.717) is 22.8 Å². The van der Waals surface area contributed by atoms with Crippen LogP contribution >= 0.6 is 11.6 Å². The average molecular weight is 497 g/mol. The lowest BCUT2D eigenvalue weighted by molar-refractivity contribution is -0.352. The first kappa shape index (κ1) is 25.3. The second-order valence-electron chi connectivity index (χ2n) is 8.77. The highest BCUT2D eigenvalue weighted by Gasteiger charge is 2.44. The summed E-state index contributed by atoms with van der Waals surface area (Å²) >= 11 is 6.38. The highest BCUT2D eigenvalue weighted by molar-refractivity contribution is 6.31. The number of hydrogen-bond donors (Lipinski definition) is 6. The maximum Gasteiger partial charge on any atom is 0.314 e. The molecule has 1 heterocycles. The molecule has 1 saturated heterocycles. The van der Waals surface area contributed by atoms with Crippen molar-refractivity contribution >= 4 is 11.6 Å². The number of aliphatic hydroxyl groups excluding tert-OH is 4. The summed E-state index contributed by atoms with van der Waals surface area (Å²) in [7, 11) is 0. The van der Waals surface area contributed by atoms with E-state index in [1.165, 1.54) is 0 Å². The van der Waals surface area contributed by atoms with Crippen LogP contribution < -0.4 is 4.74 Å². The lowest BCUT2D eigenvalue weighted by atomic mass is 9.90. The number of hydrogen-bond acceptors (Lipinski definition) is 9. The molecule has 2 aliphatic rings. The van der Waals surface area contributed by atoms with Gasteiger partial charge >= 0.3 is 5.97 Å². The Morgan fingerprint density at radius 3 is 2.32 bits per heavy atom. The molecule has 0 spiro atoms. The van der Waals surface area contributed by atoms with Crippen molar-refractivity contribution in [1.29, 1.82) is 0 Å². The van der Waals surface area contributed by atoms with Gasteiger partial charge in [0.15, 0.2) is 6.61 Å². The number of rotatable bonds is 9. The van der Waals surface area contributed by atoms with Crippen molar-refractivity contribution in [2.75, 3.05) is 13.2 Å². The average Bonchev–Trinajstić information content (AvgIpc) is 3.62. The predicted octanol–water partition coefficient (Wildman–Crippen LogP) is 0.642. The summed E-state index contributed by atoms with van der Waals surface area (Å²) in [6, 6.07) is 12.1. The van der Waals surface area contributed by atoms with Gasteiger partial charge in [-0.15, -0.1) is 0 Å². The third-order valence-electron chi connectivity index (χ3n) is 5.92. The largest absolute Gasteiger partial charge is 0.485 e. The molecule has 2 aromatic carbocycles. The van der Waals surface area contributed by atoms with Gasteiger partial charge in [0.25, 0.3) is 0 Å². The second-order valence-corrected chi connectivity index (χ2v) is 9.18. The van der Waals surface area contributed by atoms with Gasteiger partial charge in [-0.05, 0) is 54.2 Å². The lowest BCUT2D eigenvalue weighted by Gasteiger charge is -2.40. The highest BCUT2D eigenvalue weighted by atomic mass is 35.5. The quantitative estimate of drug-likeness (QED) is 0.275. The maximum atomic E-state index is 10.4. The van der Waals surface area contributed by atoms with Gasteiger partial charge in [0, 0.05) is 5.02 Å². The predicted molar refractivity (Wildman–Crippen MR) is 120 cm³/mol. The fourth-order valence-electron chi connectivity index (χ4n) is 3.87. The number of halogens is 1. The molecule has 6 N–H and O–H groups in total. The molecule has 4 rings (SSSR count). The molecule has 2 fully saturated rings. The summed E-state index contributed by atoms with van der Waals surface area (Å²) < 4.78 is 16.1. The Morgan fingerprint density at radius 2 is 1.68 bits per heavy atom. The minimum Gasteiger partial charge on any atom is -0.485 e. The minimum atomic E-state index is -2.34. The van der Waals surface area contributed by atoms with Crippen LogP contribution in [0.15, 0.2) is 42.5 Å². The molecule has 5 atom stereocenters. The van der Waals surface area contributed by atoms with E-state index in [9.17, 15) is 30.6 Å². The van der Waals surface area contributed by atoms with Gasteiger partial charge in [0.1, 0.15) is 36.3 Å². The van der Waals surface area contributed by atoms with E-state index < -0.39 is 49.7 Å². The van der Waals surface area contributed by atoms with Crippen LogP contribution in [0.25, 0.3) is 0 Å². The lowest BCUT2D eigenvalue weighted by Crippen LogP contribution is -2.55. The van der Waals surface area contributed by atoms with Crippen LogP contribution in [0.2, 0.25) is 5.02 Å². The topological polar surface area (TPSA) is 149 Å². The van der Waals surface area contributed by atoms with Gasteiger partial charge in [-0.25, -0.2) is 0 Å². The standard InChI is InChI=1S/C24H29ClO9/c25-18-8-3-14(23-22(29)21(28)20(27)19(11-26)33-23)10-15(18)9-13-1-4-16(5-2-13)32-12-24(30,31)34-17-6-7-17/h1-5,8,10,17,19-23,26-31H,6-7,9,11-12H2. The van der Waals surface area contributed by atoms with Crippen molar-refractivity contribution in [3.8, 4) is 5.75 Å². The van der Waals surface area contributed by atoms with E-state index in [1.807, 2.05) is 12.1 Å². The van der Waals surface area contributed by atoms with Crippen molar-refractivity contribution in [1.82, 2.24) is 0 Å².